The summed E-state index contributed by atoms with van der Waals surface area (Å²) < 4.78 is 11.3. The fourth-order valence-electron chi connectivity index (χ4n) is 2.59. The van der Waals surface area contributed by atoms with Crippen LogP contribution in [0.2, 0.25) is 0 Å². The SMILES string of the molecule is CC(C)(C)OC(=O)N1CCc2c(cccc2OCCCCO)C1. The molecule has 0 aliphatic carbocycles. The number of amides is 1. The quantitative estimate of drug-likeness (QED) is 0.847. The van der Waals surface area contributed by atoms with E-state index < -0.39 is 5.60 Å². The molecule has 0 saturated carbocycles. The van der Waals surface area contributed by atoms with E-state index in [1.165, 1.54) is 5.56 Å². The summed E-state index contributed by atoms with van der Waals surface area (Å²) in [5.41, 5.74) is 1.81. The van der Waals surface area contributed by atoms with Gasteiger partial charge in [0, 0.05) is 25.3 Å². The molecular formula is C18H27NO4. The van der Waals surface area contributed by atoms with Crippen LogP contribution in [-0.2, 0) is 17.7 Å². The van der Waals surface area contributed by atoms with Crippen molar-refractivity contribution in [3.63, 3.8) is 0 Å². The van der Waals surface area contributed by atoms with Crippen LogP contribution in [0.15, 0.2) is 18.2 Å². The van der Waals surface area contributed by atoms with Crippen molar-refractivity contribution in [2.45, 2.75) is 52.2 Å². The van der Waals surface area contributed by atoms with Crippen LogP contribution in [0.4, 0.5) is 4.79 Å². The van der Waals surface area contributed by atoms with E-state index in [4.69, 9.17) is 14.6 Å². The van der Waals surface area contributed by atoms with Crippen LogP contribution in [0.3, 0.4) is 0 Å². The Bertz CT molecular complexity index is 536. The second-order valence-electron chi connectivity index (χ2n) is 6.82. The third kappa shape index (κ3) is 5.13. The number of rotatable bonds is 5. The monoisotopic (exact) mass is 321 g/mol. The van der Waals surface area contributed by atoms with Gasteiger partial charge in [-0.15, -0.1) is 0 Å². The summed E-state index contributed by atoms with van der Waals surface area (Å²) in [5.74, 6) is 0.893. The van der Waals surface area contributed by atoms with E-state index in [1.54, 1.807) is 4.90 Å². The van der Waals surface area contributed by atoms with Crippen LogP contribution in [-0.4, -0.2) is 41.5 Å². The molecule has 1 aromatic rings. The molecule has 1 heterocycles. The molecule has 5 nitrogen and oxygen atoms in total. The Labute approximate surface area is 138 Å². The van der Waals surface area contributed by atoms with Gasteiger partial charge in [0.1, 0.15) is 11.4 Å². The van der Waals surface area contributed by atoms with Gasteiger partial charge in [0.25, 0.3) is 0 Å². The van der Waals surface area contributed by atoms with Crippen molar-refractivity contribution in [2.24, 2.45) is 0 Å². The Hall–Kier alpha value is -1.75. The van der Waals surface area contributed by atoms with E-state index in [-0.39, 0.29) is 12.7 Å². The normalized spacial score (nSPS) is 14.3. The maximum atomic E-state index is 12.2. The lowest BCUT2D eigenvalue weighted by Gasteiger charge is -2.31. The maximum Gasteiger partial charge on any atom is 0.410 e. The van der Waals surface area contributed by atoms with Gasteiger partial charge in [0.05, 0.1) is 6.61 Å². The Balaban J connectivity index is 2.00. The van der Waals surface area contributed by atoms with Crippen molar-refractivity contribution in [3.05, 3.63) is 29.3 Å². The van der Waals surface area contributed by atoms with E-state index in [9.17, 15) is 4.79 Å². The summed E-state index contributed by atoms with van der Waals surface area (Å²) in [5, 5.41) is 8.81. The maximum absolute atomic E-state index is 12.2. The van der Waals surface area contributed by atoms with Gasteiger partial charge in [-0.2, -0.15) is 0 Å². The molecule has 23 heavy (non-hydrogen) atoms. The number of benzene rings is 1. The molecule has 0 fully saturated rings. The van der Waals surface area contributed by atoms with Gasteiger partial charge in [-0.3, -0.25) is 0 Å². The zero-order valence-corrected chi connectivity index (χ0v) is 14.3. The summed E-state index contributed by atoms with van der Waals surface area (Å²) in [4.78, 5) is 13.9. The number of unbranched alkanes of at least 4 members (excludes halogenated alkanes) is 1. The lowest BCUT2D eigenvalue weighted by molar-refractivity contribution is 0.0223. The highest BCUT2D eigenvalue weighted by atomic mass is 16.6. The third-order valence-corrected chi connectivity index (χ3v) is 3.68. The van der Waals surface area contributed by atoms with Gasteiger partial charge in [-0.25, -0.2) is 4.79 Å². The second kappa shape index (κ2) is 7.68. The Morgan fingerprint density at radius 1 is 1.30 bits per heavy atom. The molecule has 1 N–H and O–H groups in total. The number of carbonyl (C=O) groups excluding carboxylic acids is 1. The molecule has 1 amide bonds. The molecule has 128 valence electrons. The molecule has 1 aliphatic rings. The van der Waals surface area contributed by atoms with Crippen LogP contribution < -0.4 is 4.74 Å². The van der Waals surface area contributed by atoms with Crippen LogP contribution in [0.25, 0.3) is 0 Å². The van der Waals surface area contributed by atoms with Gasteiger partial charge in [-0.05, 0) is 51.7 Å². The van der Waals surface area contributed by atoms with Crippen LogP contribution in [0, 0.1) is 0 Å². The Kier molecular flexibility index (Phi) is 5.88. The fourth-order valence-corrected chi connectivity index (χ4v) is 2.59. The molecule has 0 unspecified atom stereocenters. The largest absolute Gasteiger partial charge is 0.493 e. The average Bonchev–Trinajstić information content (AvgIpc) is 2.49. The first kappa shape index (κ1) is 17.6. The van der Waals surface area contributed by atoms with Gasteiger partial charge in [0.15, 0.2) is 0 Å². The molecule has 0 saturated heterocycles. The van der Waals surface area contributed by atoms with Crippen molar-refractivity contribution in [2.75, 3.05) is 19.8 Å². The third-order valence-electron chi connectivity index (χ3n) is 3.68. The smallest absolute Gasteiger partial charge is 0.410 e. The lowest BCUT2D eigenvalue weighted by Crippen LogP contribution is -2.40. The summed E-state index contributed by atoms with van der Waals surface area (Å²) in [7, 11) is 0. The van der Waals surface area contributed by atoms with E-state index in [1.807, 2.05) is 39.0 Å². The number of fused-ring (bicyclic) bond motifs is 1. The second-order valence-corrected chi connectivity index (χ2v) is 6.82. The average molecular weight is 321 g/mol. The topological polar surface area (TPSA) is 59.0 Å². The van der Waals surface area contributed by atoms with Crippen molar-refractivity contribution in [1.29, 1.82) is 0 Å². The van der Waals surface area contributed by atoms with Gasteiger partial charge >= 0.3 is 6.09 Å². The highest BCUT2D eigenvalue weighted by molar-refractivity contribution is 5.69. The van der Waals surface area contributed by atoms with Crippen molar-refractivity contribution in [1.82, 2.24) is 4.90 Å². The number of ether oxygens (including phenoxy) is 2. The number of carbonyl (C=O) groups is 1. The number of aliphatic hydroxyl groups is 1. The minimum atomic E-state index is -0.477. The van der Waals surface area contributed by atoms with Gasteiger partial charge < -0.3 is 19.5 Å². The zero-order valence-electron chi connectivity index (χ0n) is 14.3. The highest BCUT2D eigenvalue weighted by Crippen LogP contribution is 2.29. The molecule has 2 rings (SSSR count). The summed E-state index contributed by atoms with van der Waals surface area (Å²) >= 11 is 0. The van der Waals surface area contributed by atoms with E-state index in [0.29, 0.717) is 19.7 Å². The molecule has 1 aliphatic heterocycles. The Morgan fingerprint density at radius 2 is 2.09 bits per heavy atom. The highest BCUT2D eigenvalue weighted by Gasteiger charge is 2.26. The standard InChI is InChI=1S/C18H27NO4/c1-18(2,3)23-17(21)19-10-9-15-14(13-19)7-6-8-16(15)22-12-5-4-11-20/h6-8,20H,4-5,9-13H2,1-3H3. The van der Waals surface area contributed by atoms with E-state index in [2.05, 4.69) is 0 Å². The molecular weight excluding hydrogens is 294 g/mol. The molecule has 0 bridgehead atoms. The minimum absolute atomic E-state index is 0.196. The van der Waals surface area contributed by atoms with Crippen LogP contribution in [0.5, 0.6) is 5.75 Å². The summed E-state index contributed by atoms with van der Waals surface area (Å²) in [6.45, 7) is 7.62. The number of aliphatic hydroxyl groups excluding tert-OH is 1. The van der Waals surface area contributed by atoms with Crippen molar-refractivity contribution in [3.8, 4) is 5.75 Å². The van der Waals surface area contributed by atoms with Gasteiger partial charge in [0.2, 0.25) is 0 Å². The number of hydrogen-bond donors (Lipinski definition) is 1. The summed E-state index contributed by atoms with van der Waals surface area (Å²) in [6.07, 6.45) is 2.09. The molecule has 0 radical (unpaired) electrons. The minimum Gasteiger partial charge on any atom is -0.493 e. The van der Waals surface area contributed by atoms with Crippen LogP contribution >= 0.6 is 0 Å². The van der Waals surface area contributed by atoms with Gasteiger partial charge in [-0.1, -0.05) is 12.1 Å². The number of nitrogens with zero attached hydrogens (tertiary/aromatic N) is 1. The zero-order chi connectivity index (χ0) is 16.9. The van der Waals surface area contributed by atoms with E-state index in [0.717, 1.165) is 30.6 Å². The molecule has 0 aromatic heterocycles. The molecule has 0 spiro atoms. The Morgan fingerprint density at radius 3 is 2.78 bits per heavy atom. The first-order valence-electron chi connectivity index (χ1n) is 8.23. The lowest BCUT2D eigenvalue weighted by atomic mass is 9.99. The predicted molar refractivity (Wildman–Crippen MR) is 88.6 cm³/mol. The van der Waals surface area contributed by atoms with Crippen molar-refractivity contribution >= 4 is 6.09 Å². The van der Waals surface area contributed by atoms with Crippen molar-refractivity contribution < 1.29 is 19.4 Å². The summed E-state index contributed by atoms with van der Waals surface area (Å²) in [6, 6.07) is 5.96. The molecule has 1 aromatic carbocycles. The first-order chi connectivity index (χ1) is 10.9. The number of hydrogen-bond acceptors (Lipinski definition) is 4. The predicted octanol–water partition coefficient (Wildman–Crippen LogP) is 3.13. The van der Waals surface area contributed by atoms with E-state index >= 15 is 0 Å². The van der Waals surface area contributed by atoms with Crippen LogP contribution in [0.1, 0.15) is 44.7 Å². The molecule has 5 heteroatoms. The fraction of sp³-hybridized carbons (Fsp3) is 0.611. The first-order valence-corrected chi connectivity index (χ1v) is 8.23. The molecule has 0 atom stereocenters.